The first-order chi connectivity index (χ1) is 8.55. The van der Waals surface area contributed by atoms with Crippen LogP contribution >= 0.6 is 0 Å². The second-order valence-electron chi connectivity index (χ2n) is 4.33. The lowest BCUT2D eigenvalue weighted by Crippen LogP contribution is -2.35. The fourth-order valence-electron chi connectivity index (χ4n) is 1.80. The summed E-state index contributed by atoms with van der Waals surface area (Å²) in [6.07, 6.45) is 1.81. The van der Waals surface area contributed by atoms with Crippen molar-refractivity contribution < 1.29 is 18.3 Å². The SMILES string of the molecule is COCCN(C1CC1)S(=O)(=O)c1ccc(O)cc1. The third kappa shape index (κ3) is 2.82. The molecule has 0 bridgehead atoms. The lowest BCUT2D eigenvalue weighted by atomic mass is 10.3. The van der Waals surface area contributed by atoms with E-state index in [1.807, 2.05) is 0 Å². The van der Waals surface area contributed by atoms with Crippen LogP contribution in [0, 0.1) is 0 Å². The van der Waals surface area contributed by atoms with Gasteiger partial charge in [-0.3, -0.25) is 0 Å². The molecular formula is C12H17NO4S. The van der Waals surface area contributed by atoms with Crippen molar-refractivity contribution in [1.29, 1.82) is 0 Å². The van der Waals surface area contributed by atoms with E-state index in [2.05, 4.69) is 0 Å². The number of hydrogen-bond donors (Lipinski definition) is 1. The summed E-state index contributed by atoms with van der Waals surface area (Å²) >= 11 is 0. The molecule has 5 nitrogen and oxygen atoms in total. The van der Waals surface area contributed by atoms with E-state index in [1.165, 1.54) is 28.6 Å². The summed E-state index contributed by atoms with van der Waals surface area (Å²) in [5, 5.41) is 9.20. The van der Waals surface area contributed by atoms with Crippen LogP contribution in [-0.4, -0.2) is 44.1 Å². The van der Waals surface area contributed by atoms with Crippen molar-refractivity contribution in [2.75, 3.05) is 20.3 Å². The van der Waals surface area contributed by atoms with E-state index in [0.717, 1.165) is 12.8 Å². The molecule has 0 atom stereocenters. The molecule has 18 heavy (non-hydrogen) atoms. The Balaban J connectivity index is 2.24. The van der Waals surface area contributed by atoms with Crippen LogP contribution in [-0.2, 0) is 14.8 Å². The predicted molar refractivity (Wildman–Crippen MR) is 66.9 cm³/mol. The normalized spacial score (nSPS) is 16.1. The number of phenols is 1. The Hall–Kier alpha value is -1.11. The van der Waals surface area contributed by atoms with Crippen LogP contribution in [0.3, 0.4) is 0 Å². The van der Waals surface area contributed by atoms with Gasteiger partial charge in [-0.05, 0) is 37.1 Å². The summed E-state index contributed by atoms with van der Waals surface area (Å²) in [7, 11) is -1.93. The topological polar surface area (TPSA) is 66.8 Å². The first kappa shape index (κ1) is 13.3. The number of rotatable bonds is 6. The lowest BCUT2D eigenvalue weighted by Gasteiger charge is -2.21. The first-order valence-electron chi connectivity index (χ1n) is 5.85. The molecule has 0 amide bonds. The molecule has 0 radical (unpaired) electrons. The zero-order valence-electron chi connectivity index (χ0n) is 10.2. The lowest BCUT2D eigenvalue weighted by molar-refractivity contribution is 0.177. The van der Waals surface area contributed by atoms with Gasteiger partial charge < -0.3 is 9.84 Å². The summed E-state index contributed by atoms with van der Waals surface area (Å²) in [4.78, 5) is 0.211. The minimum absolute atomic E-state index is 0.0591. The summed E-state index contributed by atoms with van der Waals surface area (Å²) in [5.41, 5.74) is 0. The quantitative estimate of drug-likeness (QED) is 0.844. The Labute approximate surface area is 107 Å². The fourth-order valence-corrected chi connectivity index (χ4v) is 3.47. The molecule has 1 saturated carbocycles. The van der Waals surface area contributed by atoms with Crippen LogP contribution in [0.15, 0.2) is 29.2 Å². The second-order valence-corrected chi connectivity index (χ2v) is 6.22. The first-order valence-corrected chi connectivity index (χ1v) is 7.29. The largest absolute Gasteiger partial charge is 0.508 e. The van der Waals surface area contributed by atoms with E-state index in [-0.39, 0.29) is 16.7 Å². The van der Waals surface area contributed by atoms with Crippen LogP contribution in [0.4, 0.5) is 0 Å². The maximum absolute atomic E-state index is 12.4. The number of aromatic hydroxyl groups is 1. The molecule has 0 spiro atoms. The van der Waals surface area contributed by atoms with Crippen molar-refractivity contribution in [2.45, 2.75) is 23.8 Å². The summed E-state index contributed by atoms with van der Waals surface area (Å²) < 4.78 is 31.3. The Bertz CT molecular complexity index is 493. The summed E-state index contributed by atoms with van der Waals surface area (Å²) in [5.74, 6) is 0.0591. The molecule has 1 aromatic carbocycles. The van der Waals surface area contributed by atoms with Gasteiger partial charge in [0.25, 0.3) is 0 Å². The standard InChI is InChI=1S/C12H17NO4S/c1-17-9-8-13(10-2-3-10)18(15,16)12-6-4-11(14)5-7-12/h4-7,10,14H,2-3,8-9H2,1H3. The maximum Gasteiger partial charge on any atom is 0.243 e. The van der Waals surface area contributed by atoms with Crippen molar-refractivity contribution in [1.82, 2.24) is 4.31 Å². The molecule has 0 aromatic heterocycles. The Morgan fingerprint density at radius 2 is 1.94 bits per heavy atom. The molecule has 0 saturated heterocycles. The highest BCUT2D eigenvalue weighted by Crippen LogP contribution is 2.32. The van der Waals surface area contributed by atoms with Crippen LogP contribution in [0.2, 0.25) is 0 Å². The zero-order chi connectivity index (χ0) is 13.2. The number of phenolic OH excluding ortho intramolecular Hbond substituents is 1. The number of benzene rings is 1. The third-order valence-electron chi connectivity index (χ3n) is 2.91. The van der Waals surface area contributed by atoms with Crippen molar-refractivity contribution in [3.63, 3.8) is 0 Å². The smallest absolute Gasteiger partial charge is 0.243 e. The predicted octanol–water partition coefficient (Wildman–Crippen LogP) is 1.19. The second kappa shape index (κ2) is 5.26. The number of ether oxygens (including phenoxy) is 1. The van der Waals surface area contributed by atoms with Gasteiger partial charge in [0, 0.05) is 19.7 Å². The highest BCUT2D eigenvalue weighted by atomic mass is 32.2. The minimum atomic E-state index is -3.48. The Morgan fingerprint density at radius 1 is 1.33 bits per heavy atom. The van der Waals surface area contributed by atoms with Crippen molar-refractivity contribution in [3.05, 3.63) is 24.3 Å². The van der Waals surface area contributed by atoms with Crippen LogP contribution in [0.25, 0.3) is 0 Å². The van der Waals surface area contributed by atoms with Gasteiger partial charge in [0.1, 0.15) is 5.75 Å². The van der Waals surface area contributed by atoms with Crippen molar-refractivity contribution in [2.24, 2.45) is 0 Å². The van der Waals surface area contributed by atoms with Gasteiger partial charge >= 0.3 is 0 Å². The molecule has 1 fully saturated rings. The third-order valence-corrected chi connectivity index (χ3v) is 4.88. The number of methoxy groups -OCH3 is 1. The number of hydrogen-bond acceptors (Lipinski definition) is 4. The van der Waals surface area contributed by atoms with Gasteiger partial charge in [0.15, 0.2) is 0 Å². The Kier molecular flexibility index (Phi) is 3.89. The van der Waals surface area contributed by atoms with Crippen LogP contribution < -0.4 is 0 Å². The van der Waals surface area contributed by atoms with Gasteiger partial charge in [0.2, 0.25) is 10.0 Å². The molecule has 0 aliphatic heterocycles. The molecule has 1 aromatic rings. The van der Waals surface area contributed by atoms with Gasteiger partial charge in [-0.15, -0.1) is 0 Å². The van der Waals surface area contributed by atoms with E-state index in [4.69, 9.17) is 4.74 Å². The molecular weight excluding hydrogens is 254 g/mol. The van der Waals surface area contributed by atoms with Crippen molar-refractivity contribution in [3.8, 4) is 5.75 Å². The summed E-state index contributed by atoms with van der Waals surface area (Å²) in [6.45, 7) is 0.748. The van der Waals surface area contributed by atoms with E-state index in [9.17, 15) is 13.5 Å². The van der Waals surface area contributed by atoms with Crippen LogP contribution in [0.5, 0.6) is 5.75 Å². The molecule has 0 heterocycles. The molecule has 6 heteroatoms. The molecule has 0 unspecified atom stereocenters. The van der Waals surface area contributed by atoms with Crippen molar-refractivity contribution >= 4 is 10.0 Å². The Morgan fingerprint density at radius 3 is 2.44 bits per heavy atom. The number of nitrogens with zero attached hydrogens (tertiary/aromatic N) is 1. The molecule has 1 aliphatic carbocycles. The molecule has 2 rings (SSSR count). The molecule has 1 aliphatic rings. The monoisotopic (exact) mass is 271 g/mol. The fraction of sp³-hybridized carbons (Fsp3) is 0.500. The minimum Gasteiger partial charge on any atom is -0.508 e. The van der Waals surface area contributed by atoms with Gasteiger partial charge in [-0.25, -0.2) is 8.42 Å². The van der Waals surface area contributed by atoms with Gasteiger partial charge in [-0.1, -0.05) is 0 Å². The van der Waals surface area contributed by atoms with E-state index in [1.54, 1.807) is 7.11 Å². The van der Waals surface area contributed by atoms with E-state index >= 15 is 0 Å². The average Bonchev–Trinajstić information content (AvgIpc) is 3.14. The van der Waals surface area contributed by atoms with Crippen LogP contribution in [0.1, 0.15) is 12.8 Å². The summed E-state index contributed by atoms with van der Waals surface area (Å²) in [6, 6.07) is 5.71. The molecule has 1 N–H and O–H groups in total. The highest BCUT2D eigenvalue weighted by Gasteiger charge is 2.37. The van der Waals surface area contributed by atoms with E-state index in [0.29, 0.717) is 13.2 Å². The zero-order valence-corrected chi connectivity index (χ0v) is 11.1. The highest BCUT2D eigenvalue weighted by molar-refractivity contribution is 7.89. The molecule has 100 valence electrons. The van der Waals surface area contributed by atoms with E-state index < -0.39 is 10.0 Å². The van der Waals surface area contributed by atoms with Gasteiger partial charge in [-0.2, -0.15) is 4.31 Å². The maximum atomic E-state index is 12.4. The van der Waals surface area contributed by atoms with Gasteiger partial charge in [0.05, 0.1) is 11.5 Å². The number of sulfonamides is 1. The average molecular weight is 271 g/mol.